The molecule has 0 fully saturated rings. The highest BCUT2D eigenvalue weighted by Gasteiger charge is 2.06. The first kappa shape index (κ1) is 12.4. The number of nitrogen functional groups attached to an aromatic ring is 1. The number of nitrogens with two attached hydrogens (primary N) is 1. The Hall–Kier alpha value is -1.65. The number of fused-ring (bicyclic) bond motifs is 1. The van der Waals surface area contributed by atoms with Gasteiger partial charge >= 0.3 is 0 Å². The summed E-state index contributed by atoms with van der Waals surface area (Å²) in [6.07, 6.45) is 0.660. The Morgan fingerprint density at radius 2 is 2.05 bits per heavy atom. The Bertz CT molecular complexity index is 754. The Morgan fingerprint density at radius 3 is 2.84 bits per heavy atom. The standard InChI is InChI=1S/C14H10ClFN2S/c15-11-7-10(16)3-2-9(11)5-8-1-4-12-13(6-8)19-14(17)18-12/h1-4,6-7H,5H2,(H2,17,18). The van der Waals surface area contributed by atoms with Crippen LogP contribution in [0.15, 0.2) is 36.4 Å². The lowest BCUT2D eigenvalue weighted by Crippen LogP contribution is -1.90. The molecule has 1 heterocycles. The summed E-state index contributed by atoms with van der Waals surface area (Å²) in [5.74, 6) is -0.320. The van der Waals surface area contributed by atoms with Crippen LogP contribution in [0.1, 0.15) is 11.1 Å². The van der Waals surface area contributed by atoms with Crippen molar-refractivity contribution >= 4 is 38.3 Å². The van der Waals surface area contributed by atoms with E-state index in [2.05, 4.69) is 4.98 Å². The van der Waals surface area contributed by atoms with Crippen molar-refractivity contribution in [1.82, 2.24) is 4.98 Å². The summed E-state index contributed by atoms with van der Waals surface area (Å²) in [4.78, 5) is 4.21. The molecule has 2 N–H and O–H groups in total. The lowest BCUT2D eigenvalue weighted by atomic mass is 10.0. The lowest BCUT2D eigenvalue weighted by Gasteiger charge is -2.04. The van der Waals surface area contributed by atoms with E-state index in [0.717, 1.165) is 21.3 Å². The highest BCUT2D eigenvalue weighted by molar-refractivity contribution is 7.22. The summed E-state index contributed by atoms with van der Waals surface area (Å²) in [6, 6.07) is 10.4. The van der Waals surface area contributed by atoms with E-state index in [1.54, 1.807) is 6.07 Å². The van der Waals surface area contributed by atoms with Gasteiger partial charge in [-0.15, -0.1) is 0 Å². The fourth-order valence-electron chi connectivity index (χ4n) is 1.98. The molecule has 0 spiro atoms. The Kier molecular flexibility index (Phi) is 3.12. The van der Waals surface area contributed by atoms with Gasteiger partial charge in [-0.1, -0.05) is 35.1 Å². The predicted octanol–water partition coefficient (Wildman–Crippen LogP) is 4.26. The van der Waals surface area contributed by atoms with Crippen LogP contribution in [-0.2, 0) is 6.42 Å². The van der Waals surface area contributed by atoms with E-state index in [1.165, 1.54) is 23.5 Å². The van der Waals surface area contributed by atoms with Gasteiger partial charge in [0, 0.05) is 5.02 Å². The average Bonchev–Trinajstić information content (AvgIpc) is 2.72. The number of rotatable bonds is 2. The molecule has 96 valence electrons. The molecule has 0 atom stereocenters. The molecule has 0 saturated carbocycles. The fourth-order valence-corrected chi connectivity index (χ4v) is 3.01. The normalized spacial score (nSPS) is 11.1. The predicted molar refractivity (Wildman–Crippen MR) is 78.2 cm³/mol. The molecular weight excluding hydrogens is 283 g/mol. The van der Waals surface area contributed by atoms with Crippen molar-refractivity contribution in [3.63, 3.8) is 0 Å². The third-order valence-corrected chi connectivity index (χ3v) is 4.08. The molecule has 1 aromatic heterocycles. The van der Waals surface area contributed by atoms with Gasteiger partial charge < -0.3 is 5.73 Å². The van der Waals surface area contributed by atoms with E-state index >= 15 is 0 Å². The van der Waals surface area contributed by atoms with Crippen LogP contribution in [-0.4, -0.2) is 4.98 Å². The summed E-state index contributed by atoms with van der Waals surface area (Å²) in [5, 5.41) is 1.01. The molecule has 0 bridgehead atoms. The van der Waals surface area contributed by atoms with Gasteiger partial charge in [0.2, 0.25) is 0 Å². The number of halogens is 2. The molecule has 0 aliphatic heterocycles. The summed E-state index contributed by atoms with van der Waals surface area (Å²) in [5.41, 5.74) is 8.58. The SMILES string of the molecule is Nc1nc2ccc(Cc3ccc(F)cc3Cl)cc2s1. The van der Waals surface area contributed by atoms with Crippen LogP contribution in [0.3, 0.4) is 0 Å². The van der Waals surface area contributed by atoms with E-state index in [0.29, 0.717) is 16.6 Å². The van der Waals surface area contributed by atoms with Crippen molar-refractivity contribution < 1.29 is 4.39 Å². The molecule has 3 aromatic rings. The molecule has 2 aromatic carbocycles. The zero-order chi connectivity index (χ0) is 13.4. The molecule has 0 aliphatic rings. The van der Waals surface area contributed by atoms with Gasteiger partial charge in [-0.25, -0.2) is 9.37 Å². The summed E-state index contributed by atoms with van der Waals surface area (Å²) >= 11 is 7.49. The number of aromatic nitrogens is 1. The number of nitrogens with zero attached hydrogens (tertiary/aromatic N) is 1. The van der Waals surface area contributed by atoms with Gasteiger partial charge in [0.1, 0.15) is 5.82 Å². The summed E-state index contributed by atoms with van der Waals surface area (Å²) in [6.45, 7) is 0. The Balaban J connectivity index is 1.96. The van der Waals surface area contributed by atoms with Crippen molar-refractivity contribution in [2.24, 2.45) is 0 Å². The zero-order valence-corrected chi connectivity index (χ0v) is 11.4. The van der Waals surface area contributed by atoms with Crippen LogP contribution < -0.4 is 5.73 Å². The monoisotopic (exact) mass is 292 g/mol. The highest BCUT2D eigenvalue weighted by atomic mass is 35.5. The van der Waals surface area contributed by atoms with Gasteiger partial charge in [-0.2, -0.15) is 0 Å². The first-order chi connectivity index (χ1) is 9.11. The van der Waals surface area contributed by atoms with Crippen LogP contribution in [0.4, 0.5) is 9.52 Å². The fraction of sp³-hybridized carbons (Fsp3) is 0.0714. The minimum absolute atomic E-state index is 0.320. The number of hydrogen-bond acceptors (Lipinski definition) is 3. The lowest BCUT2D eigenvalue weighted by molar-refractivity contribution is 0.627. The molecule has 2 nitrogen and oxygen atoms in total. The second kappa shape index (κ2) is 4.79. The maximum atomic E-state index is 13.0. The van der Waals surface area contributed by atoms with Crippen molar-refractivity contribution in [2.75, 3.05) is 5.73 Å². The van der Waals surface area contributed by atoms with Gasteiger partial charge in [0.15, 0.2) is 5.13 Å². The van der Waals surface area contributed by atoms with Crippen LogP contribution in [0, 0.1) is 5.82 Å². The third kappa shape index (κ3) is 2.55. The van der Waals surface area contributed by atoms with E-state index in [-0.39, 0.29) is 5.82 Å². The maximum absolute atomic E-state index is 13.0. The van der Waals surface area contributed by atoms with E-state index in [9.17, 15) is 4.39 Å². The number of hydrogen-bond donors (Lipinski definition) is 1. The van der Waals surface area contributed by atoms with Crippen LogP contribution in [0.25, 0.3) is 10.2 Å². The smallest absolute Gasteiger partial charge is 0.181 e. The molecule has 0 amide bonds. The van der Waals surface area contributed by atoms with Crippen LogP contribution in [0.5, 0.6) is 0 Å². The van der Waals surface area contributed by atoms with E-state index < -0.39 is 0 Å². The van der Waals surface area contributed by atoms with Gasteiger partial charge in [0.25, 0.3) is 0 Å². The number of thiazole rings is 1. The van der Waals surface area contributed by atoms with Gasteiger partial charge in [-0.05, 0) is 41.8 Å². The second-order valence-electron chi connectivity index (χ2n) is 4.27. The Morgan fingerprint density at radius 1 is 1.21 bits per heavy atom. The van der Waals surface area contributed by atoms with Crippen LogP contribution >= 0.6 is 22.9 Å². The van der Waals surface area contributed by atoms with Crippen molar-refractivity contribution in [2.45, 2.75) is 6.42 Å². The number of anilines is 1. The van der Waals surface area contributed by atoms with Crippen LogP contribution in [0.2, 0.25) is 5.02 Å². The second-order valence-corrected chi connectivity index (χ2v) is 5.74. The minimum Gasteiger partial charge on any atom is -0.375 e. The van der Waals surface area contributed by atoms with E-state index in [1.807, 2.05) is 18.2 Å². The highest BCUT2D eigenvalue weighted by Crippen LogP contribution is 2.27. The van der Waals surface area contributed by atoms with Gasteiger partial charge in [0.05, 0.1) is 10.2 Å². The van der Waals surface area contributed by atoms with E-state index in [4.69, 9.17) is 17.3 Å². The first-order valence-corrected chi connectivity index (χ1v) is 6.90. The molecule has 5 heteroatoms. The largest absolute Gasteiger partial charge is 0.375 e. The molecule has 3 rings (SSSR count). The summed E-state index contributed by atoms with van der Waals surface area (Å²) in [7, 11) is 0. The average molecular weight is 293 g/mol. The molecule has 0 unspecified atom stereocenters. The summed E-state index contributed by atoms with van der Waals surface area (Å²) < 4.78 is 14.0. The quantitative estimate of drug-likeness (QED) is 0.766. The molecule has 0 aliphatic carbocycles. The third-order valence-electron chi connectivity index (χ3n) is 2.88. The maximum Gasteiger partial charge on any atom is 0.181 e. The zero-order valence-electron chi connectivity index (χ0n) is 9.86. The molecular formula is C14H10ClFN2S. The topological polar surface area (TPSA) is 38.9 Å². The molecule has 0 radical (unpaired) electrons. The Labute approximate surface area is 118 Å². The molecule has 19 heavy (non-hydrogen) atoms. The molecule has 0 saturated heterocycles. The van der Waals surface area contributed by atoms with Crippen molar-refractivity contribution in [3.8, 4) is 0 Å². The van der Waals surface area contributed by atoms with Crippen molar-refractivity contribution in [1.29, 1.82) is 0 Å². The first-order valence-electron chi connectivity index (χ1n) is 5.71. The minimum atomic E-state index is -0.320. The van der Waals surface area contributed by atoms with Crippen molar-refractivity contribution in [3.05, 3.63) is 58.4 Å². The number of benzene rings is 2. The van der Waals surface area contributed by atoms with Gasteiger partial charge in [-0.3, -0.25) is 0 Å².